The van der Waals surface area contributed by atoms with E-state index in [9.17, 15) is 14.9 Å². The van der Waals surface area contributed by atoms with Crippen molar-refractivity contribution < 1.29 is 19.6 Å². The fourth-order valence-electron chi connectivity index (χ4n) is 1.73. The summed E-state index contributed by atoms with van der Waals surface area (Å²) >= 11 is 0. The molecule has 0 amide bonds. The molecule has 0 bridgehead atoms. The summed E-state index contributed by atoms with van der Waals surface area (Å²) in [6, 6.07) is 11.8. The van der Waals surface area contributed by atoms with Gasteiger partial charge in [0.2, 0.25) is 6.21 Å². The van der Waals surface area contributed by atoms with E-state index in [1.54, 1.807) is 30.5 Å². The molecule has 122 valence electrons. The number of nitrogens with two attached hydrogens (primary N) is 2. The highest BCUT2D eigenvalue weighted by molar-refractivity contribution is 5.91. The molecule has 2 aromatic rings. The highest BCUT2D eigenvalue weighted by Gasteiger charge is 2.13. The van der Waals surface area contributed by atoms with Gasteiger partial charge in [-0.1, -0.05) is 6.07 Å². The Hall–Kier alpha value is -3.75. The molecule has 5 N–H and O–H groups in total. The lowest BCUT2D eigenvalue weighted by molar-refractivity contribution is -0.456. The summed E-state index contributed by atoms with van der Waals surface area (Å²) in [5.41, 5.74) is 11.0. The molecule has 0 aliphatic rings. The number of carbonyl (C=O) groups is 1. The second kappa shape index (κ2) is 7.49. The van der Waals surface area contributed by atoms with Gasteiger partial charge in [0.15, 0.2) is 0 Å². The van der Waals surface area contributed by atoms with Crippen molar-refractivity contribution in [2.75, 3.05) is 0 Å². The van der Waals surface area contributed by atoms with Crippen molar-refractivity contribution in [3.8, 4) is 5.75 Å². The number of nitro groups is 1. The van der Waals surface area contributed by atoms with E-state index >= 15 is 0 Å². The number of hydrogen-bond acceptors (Lipinski definition) is 5. The van der Waals surface area contributed by atoms with Gasteiger partial charge in [0.25, 0.3) is 11.6 Å². The normalized spacial score (nSPS) is 10.3. The molecule has 0 atom stereocenters. The number of ether oxygens (including phenoxy) is 1. The predicted molar refractivity (Wildman–Crippen MR) is 86.4 cm³/mol. The quantitative estimate of drug-likeness (QED) is 0.168. The average Bonchev–Trinajstić information content (AvgIpc) is 2.56. The Morgan fingerprint density at radius 1 is 1.21 bits per heavy atom. The van der Waals surface area contributed by atoms with Gasteiger partial charge in [0.1, 0.15) is 5.75 Å². The van der Waals surface area contributed by atoms with Crippen LogP contribution < -0.4 is 21.3 Å². The molecule has 0 heterocycles. The van der Waals surface area contributed by atoms with Crippen molar-refractivity contribution in [1.82, 2.24) is 0 Å². The maximum atomic E-state index is 12.0. The zero-order valence-electron chi connectivity index (χ0n) is 12.4. The molecule has 0 spiro atoms. The minimum absolute atomic E-state index is 0.0919. The van der Waals surface area contributed by atoms with Crippen molar-refractivity contribution in [3.05, 3.63) is 69.8 Å². The van der Waals surface area contributed by atoms with Crippen LogP contribution in [0.5, 0.6) is 5.75 Å². The molecule has 9 nitrogen and oxygen atoms in total. The molecular weight excluding hydrogens is 314 g/mol. The summed E-state index contributed by atoms with van der Waals surface area (Å²) in [5, 5.41) is 16.8. The molecule has 0 saturated carbocycles. The second-order valence-corrected chi connectivity index (χ2v) is 4.58. The zero-order valence-corrected chi connectivity index (χ0v) is 12.4. The number of hydrazone groups is 1. The van der Waals surface area contributed by atoms with Gasteiger partial charge in [-0.15, -0.1) is 5.10 Å². The molecule has 9 heteroatoms. The molecule has 24 heavy (non-hydrogen) atoms. The third kappa shape index (κ3) is 4.63. The summed E-state index contributed by atoms with van der Waals surface area (Å²) in [6.45, 7) is 0. The van der Waals surface area contributed by atoms with Crippen LogP contribution in [0.2, 0.25) is 0 Å². The number of rotatable bonds is 5. The summed E-state index contributed by atoms with van der Waals surface area (Å²) in [5.74, 6) is -0.492. The van der Waals surface area contributed by atoms with Crippen molar-refractivity contribution >= 4 is 23.8 Å². The van der Waals surface area contributed by atoms with Gasteiger partial charge in [-0.2, -0.15) is 0 Å². The first-order chi connectivity index (χ1) is 11.5. The summed E-state index contributed by atoms with van der Waals surface area (Å²) in [7, 11) is 0. The standard InChI is InChI=1S/C15H13N5O4/c16-15(17)19-18-9-10-4-6-13(7-5-10)24-14(21)11-2-1-3-12(8-11)20(22)23/h1-9H,(H4,16,17,19)/p+1/b18-9-. The number of esters is 1. The van der Waals surface area contributed by atoms with E-state index in [1.165, 1.54) is 18.2 Å². The lowest BCUT2D eigenvalue weighted by Gasteiger charge is -2.04. The number of nitrogens with one attached hydrogen (secondary N) is 1. The van der Waals surface area contributed by atoms with Crippen LogP contribution in [0.25, 0.3) is 0 Å². The Labute approximate surface area is 136 Å². The van der Waals surface area contributed by atoms with Crippen LogP contribution in [-0.2, 0) is 0 Å². The minimum atomic E-state index is -0.686. The SMILES string of the molecule is NC(N)=N/[NH+]=C\c1ccc(OC(=O)c2cccc([N+](=O)[O-])c2)cc1. The number of nitrogens with zero attached hydrogens (tertiary/aromatic N) is 2. The van der Waals surface area contributed by atoms with E-state index in [1.807, 2.05) is 0 Å². The Morgan fingerprint density at radius 3 is 2.54 bits per heavy atom. The van der Waals surface area contributed by atoms with Crippen molar-refractivity contribution in [2.45, 2.75) is 0 Å². The molecule has 0 saturated heterocycles. The Bertz CT molecular complexity index is 811. The molecule has 0 fully saturated rings. The van der Waals surface area contributed by atoms with E-state index in [2.05, 4.69) is 10.2 Å². The van der Waals surface area contributed by atoms with Crippen molar-refractivity contribution in [1.29, 1.82) is 0 Å². The predicted octanol–water partition coefficient (Wildman–Crippen LogP) is -0.498. The van der Waals surface area contributed by atoms with Crippen LogP contribution >= 0.6 is 0 Å². The fraction of sp³-hybridized carbons (Fsp3) is 0. The number of benzene rings is 2. The van der Waals surface area contributed by atoms with E-state index < -0.39 is 10.9 Å². The lowest BCUT2D eigenvalue weighted by Crippen LogP contribution is -2.63. The third-order valence-corrected chi connectivity index (χ3v) is 2.81. The van der Waals surface area contributed by atoms with Gasteiger partial charge in [-0.05, 0) is 30.3 Å². The van der Waals surface area contributed by atoms with Crippen molar-refractivity contribution in [3.63, 3.8) is 0 Å². The smallest absolute Gasteiger partial charge is 0.343 e. The van der Waals surface area contributed by atoms with Gasteiger partial charge in [-0.3, -0.25) is 10.1 Å². The third-order valence-electron chi connectivity index (χ3n) is 2.81. The lowest BCUT2D eigenvalue weighted by atomic mass is 10.2. The Balaban J connectivity index is 2.07. The van der Waals surface area contributed by atoms with E-state index in [-0.39, 0.29) is 17.2 Å². The second-order valence-electron chi connectivity index (χ2n) is 4.58. The first-order valence-corrected chi connectivity index (χ1v) is 6.70. The first kappa shape index (κ1) is 16.6. The highest BCUT2D eigenvalue weighted by atomic mass is 16.6. The van der Waals surface area contributed by atoms with Gasteiger partial charge in [0.05, 0.1) is 10.5 Å². The average molecular weight is 328 g/mol. The van der Waals surface area contributed by atoms with E-state index in [0.29, 0.717) is 5.75 Å². The molecular formula is C15H14N5O4+. The van der Waals surface area contributed by atoms with Crippen LogP contribution in [0.4, 0.5) is 5.69 Å². The minimum Gasteiger partial charge on any atom is -0.423 e. The van der Waals surface area contributed by atoms with Gasteiger partial charge < -0.3 is 16.2 Å². The maximum Gasteiger partial charge on any atom is 0.343 e. The van der Waals surface area contributed by atoms with E-state index in [4.69, 9.17) is 16.2 Å². The number of nitro benzene ring substituents is 1. The summed E-state index contributed by atoms with van der Waals surface area (Å²) < 4.78 is 5.17. The molecule has 2 rings (SSSR count). The van der Waals surface area contributed by atoms with Crippen LogP contribution in [0.1, 0.15) is 15.9 Å². The monoisotopic (exact) mass is 328 g/mol. The maximum absolute atomic E-state index is 12.0. The number of non-ortho nitro benzene ring substituents is 1. The number of guanidine groups is 1. The Morgan fingerprint density at radius 2 is 1.92 bits per heavy atom. The molecule has 0 aliphatic carbocycles. The molecule has 0 aromatic heterocycles. The largest absolute Gasteiger partial charge is 0.423 e. The fourth-order valence-corrected chi connectivity index (χ4v) is 1.73. The van der Waals surface area contributed by atoms with Crippen LogP contribution in [0.3, 0.4) is 0 Å². The van der Waals surface area contributed by atoms with Gasteiger partial charge in [0, 0.05) is 22.8 Å². The number of carbonyl (C=O) groups excluding carboxylic acids is 1. The van der Waals surface area contributed by atoms with Gasteiger partial charge >= 0.3 is 5.97 Å². The topological polar surface area (TPSA) is 148 Å². The van der Waals surface area contributed by atoms with Gasteiger partial charge in [-0.25, -0.2) is 4.79 Å². The molecule has 0 unspecified atom stereocenters. The van der Waals surface area contributed by atoms with Crippen LogP contribution in [0, 0.1) is 10.1 Å². The van der Waals surface area contributed by atoms with Crippen LogP contribution in [0.15, 0.2) is 53.6 Å². The molecule has 0 radical (unpaired) electrons. The molecule has 2 aromatic carbocycles. The Kier molecular flexibility index (Phi) is 5.19. The van der Waals surface area contributed by atoms with Crippen LogP contribution in [-0.4, -0.2) is 23.1 Å². The highest BCUT2D eigenvalue weighted by Crippen LogP contribution is 2.17. The summed E-state index contributed by atoms with van der Waals surface area (Å²) in [4.78, 5) is 22.2. The van der Waals surface area contributed by atoms with Crippen molar-refractivity contribution in [2.24, 2.45) is 16.6 Å². The number of hydrogen-bond donors (Lipinski definition) is 3. The summed E-state index contributed by atoms with van der Waals surface area (Å²) in [6.07, 6.45) is 1.55. The van der Waals surface area contributed by atoms with E-state index in [0.717, 1.165) is 11.6 Å². The molecule has 0 aliphatic heterocycles. The first-order valence-electron chi connectivity index (χ1n) is 6.70. The zero-order chi connectivity index (χ0) is 17.5.